The molecular formula is C14H10BrCl2FO. The van der Waals surface area contributed by atoms with Gasteiger partial charge >= 0.3 is 0 Å². The van der Waals surface area contributed by atoms with Crippen LogP contribution in [0, 0.1) is 5.82 Å². The molecule has 0 aliphatic rings. The molecule has 19 heavy (non-hydrogen) atoms. The maximum Gasteiger partial charge on any atom is 0.137 e. The number of hydrogen-bond donors (Lipinski definition) is 0. The van der Waals surface area contributed by atoms with Crippen molar-refractivity contribution in [1.29, 1.82) is 0 Å². The summed E-state index contributed by atoms with van der Waals surface area (Å²) in [5.74, 6) is 0.261. The Balaban J connectivity index is 2.45. The van der Waals surface area contributed by atoms with Gasteiger partial charge in [-0.05, 0) is 51.8 Å². The van der Waals surface area contributed by atoms with Crippen molar-refractivity contribution in [2.45, 2.75) is 5.38 Å². The van der Waals surface area contributed by atoms with Gasteiger partial charge in [-0.3, -0.25) is 0 Å². The number of hydrogen-bond acceptors (Lipinski definition) is 1. The normalized spacial score (nSPS) is 12.3. The van der Waals surface area contributed by atoms with Gasteiger partial charge in [0.05, 0.1) is 17.0 Å². The van der Waals surface area contributed by atoms with Crippen LogP contribution in [0.15, 0.2) is 40.9 Å². The lowest BCUT2D eigenvalue weighted by atomic mass is 10.0. The predicted octanol–water partition coefficient (Wildman–Crippen LogP) is 5.58. The first kappa shape index (κ1) is 14.6. The Labute approximate surface area is 129 Å². The van der Waals surface area contributed by atoms with E-state index in [9.17, 15) is 4.39 Å². The molecule has 0 fully saturated rings. The highest BCUT2D eigenvalue weighted by Gasteiger charge is 2.17. The highest BCUT2D eigenvalue weighted by Crippen LogP contribution is 2.37. The van der Waals surface area contributed by atoms with Crippen molar-refractivity contribution in [3.63, 3.8) is 0 Å². The molecule has 0 aliphatic carbocycles. The van der Waals surface area contributed by atoms with Crippen molar-refractivity contribution in [2.75, 3.05) is 7.11 Å². The molecule has 1 atom stereocenters. The highest BCUT2D eigenvalue weighted by molar-refractivity contribution is 9.10. The van der Waals surface area contributed by atoms with Crippen molar-refractivity contribution < 1.29 is 9.13 Å². The number of benzene rings is 2. The number of rotatable bonds is 3. The van der Waals surface area contributed by atoms with E-state index < -0.39 is 5.38 Å². The van der Waals surface area contributed by atoms with Crippen molar-refractivity contribution in [1.82, 2.24) is 0 Å². The molecule has 1 unspecified atom stereocenters. The lowest BCUT2D eigenvalue weighted by molar-refractivity contribution is 0.410. The van der Waals surface area contributed by atoms with Crippen LogP contribution < -0.4 is 4.74 Å². The van der Waals surface area contributed by atoms with Crippen LogP contribution >= 0.6 is 39.1 Å². The second-order valence-electron chi connectivity index (χ2n) is 3.92. The van der Waals surface area contributed by atoms with Gasteiger partial charge in [-0.25, -0.2) is 4.39 Å². The first-order valence-electron chi connectivity index (χ1n) is 5.45. The number of halogens is 4. The van der Waals surface area contributed by atoms with Crippen molar-refractivity contribution in [3.05, 3.63) is 62.8 Å². The van der Waals surface area contributed by atoms with Gasteiger partial charge in [0.15, 0.2) is 0 Å². The van der Waals surface area contributed by atoms with Crippen molar-refractivity contribution >= 4 is 39.1 Å². The van der Waals surface area contributed by atoms with E-state index in [4.69, 9.17) is 27.9 Å². The molecule has 0 bridgehead atoms. The van der Waals surface area contributed by atoms with Gasteiger partial charge in [0, 0.05) is 10.6 Å². The predicted molar refractivity (Wildman–Crippen MR) is 79.8 cm³/mol. The molecule has 5 heteroatoms. The van der Waals surface area contributed by atoms with Crippen LogP contribution in [-0.4, -0.2) is 7.11 Å². The zero-order valence-electron chi connectivity index (χ0n) is 9.96. The van der Waals surface area contributed by atoms with E-state index in [1.165, 1.54) is 6.07 Å². The average molecular weight is 364 g/mol. The molecule has 0 N–H and O–H groups in total. The van der Waals surface area contributed by atoms with E-state index in [2.05, 4.69) is 15.9 Å². The van der Waals surface area contributed by atoms with Crippen LogP contribution in [0.3, 0.4) is 0 Å². The number of alkyl halides is 1. The maximum absolute atomic E-state index is 13.6. The summed E-state index contributed by atoms with van der Waals surface area (Å²) in [6, 6.07) is 9.94. The molecule has 0 radical (unpaired) electrons. The summed E-state index contributed by atoms with van der Waals surface area (Å²) in [6.07, 6.45) is 0. The summed E-state index contributed by atoms with van der Waals surface area (Å²) in [4.78, 5) is 0. The van der Waals surface area contributed by atoms with Crippen LogP contribution in [-0.2, 0) is 0 Å². The van der Waals surface area contributed by atoms with Crippen LogP contribution in [0.4, 0.5) is 4.39 Å². The van der Waals surface area contributed by atoms with Crippen molar-refractivity contribution in [2.24, 2.45) is 0 Å². The molecule has 0 aliphatic heterocycles. The van der Waals surface area contributed by atoms with E-state index in [1.54, 1.807) is 37.4 Å². The molecule has 2 aromatic rings. The SMILES string of the molecule is COc1ccc(Cl)cc1C(Cl)c1ccc(Br)c(F)c1. The zero-order chi connectivity index (χ0) is 14.0. The molecule has 0 spiro atoms. The van der Waals surface area contributed by atoms with Gasteiger partial charge in [-0.1, -0.05) is 17.7 Å². The second kappa shape index (κ2) is 6.12. The zero-order valence-corrected chi connectivity index (χ0v) is 13.1. The molecular weight excluding hydrogens is 354 g/mol. The summed E-state index contributed by atoms with van der Waals surface area (Å²) in [5, 5.41) is 0.0234. The van der Waals surface area contributed by atoms with Crippen LogP contribution in [0.1, 0.15) is 16.5 Å². The second-order valence-corrected chi connectivity index (χ2v) is 5.65. The molecule has 0 amide bonds. The lowest BCUT2D eigenvalue weighted by Gasteiger charge is -2.15. The van der Waals surface area contributed by atoms with E-state index in [-0.39, 0.29) is 5.82 Å². The average Bonchev–Trinajstić information content (AvgIpc) is 2.41. The third-order valence-electron chi connectivity index (χ3n) is 2.70. The molecule has 2 rings (SSSR count). The van der Waals surface area contributed by atoms with Crippen molar-refractivity contribution in [3.8, 4) is 5.75 Å². The van der Waals surface area contributed by atoms with Gasteiger partial charge < -0.3 is 4.74 Å². The minimum Gasteiger partial charge on any atom is -0.496 e. The summed E-state index contributed by atoms with van der Waals surface area (Å²) >= 11 is 15.5. The molecule has 2 aromatic carbocycles. The summed E-state index contributed by atoms with van der Waals surface area (Å²) in [6.45, 7) is 0. The van der Waals surface area contributed by atoms with Crippen LogP contribution in [0.2, 0.25) is 5.02 Å². The van der Waals surface area contributed by atoms with Gasteiger partial charge in [0.25, 0.3) is 0 Å². The quantitative estimate of drug-likeness (QED) is 0.647. The van der Waals surface area contributed by atoms with Gasteiger partial charge in [-0.15, -0.1) is 11.6 Å². The monoisotopic (exact) mass is 362 g/mol. The third-order valence-corrected chi connectivity index (χ3v) is 4.07. The topological polar surface area (TPSA) is 9.23 Å². The van der Waals surface area contributed by atoms with Crippen LogP contribution in [0.5, 0.6) is 5.75 Å². The number of methoxy groups -OCH3 is 1. The summed E-state index contributed by atoms with van der Waals surface area (Å²) in [5.41, 5.74) is 1.35. The summed E-state index contributed by atoms with van der Waals surface area (Å²) in [7, 11) is 1.55. The molecule has 0 saturated carbocycles. The molecule has 0 heterocycles. The molecule has 0 aromatic heterocycles. The molecule has 0 saturated heterocycles. The fourth-order valence-electron chi connectivity index (χ4n) is 1.75. The van der Waals surface area contributed by atoms with Gasteiger partial charge in [0.1, 0.15) is 11.6 Å². The minimum atomic E-state index is -0.531. The first-order valence-corrected chi connectivity index (χ1v) is 7.06. The standard InChI is InChI=1S/C14H10BrCl2FO/c1-19-13-5-3-9(16)7-10(13)14(17)8-2-4-11(15)12(18)6-8/h2-7,14H,1H3. The Morgan fingerprint density at radius 2 is 1.95 bits per heavy atom. The van der Waals surface area contributed by atoms with Gasteiger partial charge in [0.2, 0.25) is 0 Å². The smallest absolute Gasteiger partial charge is 0.137 e. The Morgan fingerprint density at radius 3 is 2.58 bits per heavy atom. The van der Waals surface area contributed by atoms with E-state index >= 15 is 0 Å². The van der Waals surface area contributed by atoms with E-state index in [1.807, 2.05) is 0 Å². The maximum atomic E-state index is 13.6. The summed E-state index contributed by atoms with van der Waals surface area (Å²) < 4.78 is 19.2. The Kier molecular flexibility index (Phi) is 4.71. The molecule has 1 nitrogen and oxygen atoms in total. The Hall–Kier alpha value is -0.770. The Bertz CT molecular complexity index is 604. The first-order chi connectivity index (χ1) is 9.02. The minimum absolute atomic E-state index is 0.357. The Morgan fingerprint density at radius 1 is 1.21 bits per heavy atom. The van der Waals surface area contributed by atoms with Crippen LogP contribution in [0.25, 0.3) is 0 Å². The fraction of sp³-hybridized carbons (Fsp3) is 0.143. The van der Waals surface area contributed by atoms with E-state index in [0.29, 0.717) is 26.4 Å². The van der Waals surface area contributed by atoms with E-state index in [0.717, 1.165) is 0 Å². The largest absolute Gasteiger partial charge is 0.496 e. The fourth-order valence-corrected chi connectivity index (χ4v) is 2.49. The number of ether oxygens (including phenoxy) is 1. The van der Waals surface area contributed by atoms with Gasteiger partial charge in [-0.2, -0.15) is 0 Å². The highest BCUT2D eigenvalue weighted by atomic mass is 79.9. The third kappa shape index (κ3) is 3.22. The lowest BCUT2D eigenvalue weighted by Crippen LogP contribution is -1.98. The molecule has 100 valence electrons.